The van der Waals surface area contributed by atoms with E-state index in [9.17, 15) is 4.79 Å². The van der Waals surface area contributed by atoms with Crippen LogP contribution in [0.5, 0.6) is 0 Å². The minimum absolute atomic E-state index is 0.0276. The van der Waals surface area contributed by atoms with Gasteiger partial charge >= 0.3 is 5.97 Å². The first-order chi connectivity index (χ1) is 11.6. The number of hydrogen-bond donors (Lipinski definition) is 5. The predicted molar refractivity (Wildman–Crippen MR) is 92.2 cm³/mol. The van der Waals surface area contributed by atoms with Crippen molar-refractivity contribution in [2.24, 2.45) is 0 Å². The summed E-state index contributed by atoms with van der Waals surface area (Å²) < 4.78 is 0. The van der Waals surface area contributed by atoms with Crippen LogP contribution < -0.4 is 0 Å². The van der Waals surface area contributed by atoms with Crippen LogP contribution in [-0.2, 0) is 4.79 Å². The summed E-state index contributed by atoms with van der Waals surface area (Å²) in [6.45, 7) is 1.75. The number of carbonyl (C=O) groups is 1. The highest BCUT2D eigenvalue weighted by atomic mass is 32.2. The summed E-state index contributed by atoms with van der Waals surface area (Å²) >= 11 is 1.19. The van der Waals surface area contributed by atoms with Gasteiger partial charge in [0.15, 0.2) is 5.16 Å². The van der Waals surface area contributed by atoms with Crippen LogP contribution in [-0.4, -0.2) is 86.5 Å². The molecule has 24 heavy (non-hydrogen) atoms. The number of rotatable bonds is 9. The van der Waals surface area contributed by atoms with Crippen molar-refractivity contribution < 1.29 is 25.2 Å². The van der Waals surface area contributed by atoms with Gasteiger partial charge in [-0.3, -0.25) is 9.69 Å². The van der Waals surface area contributed by atoms with Crippen molar-refractivity contribution in [2.75, 3.05) is 45.2 Å². The van der Waals surface area contributed by atoms with Gasteiger partial charge in [-0.05, 0) is 12.1 Å². The number of thioether (sulfide) groups is 1. The maximum absolute atomic E-state index is 10.3. The molecule has 2 aromatic rings. The normalized spacial score (nSPS) is 10.7. The summed E-state index contributed by atoms with van der Waals surface area (Å²) in [6, 6.07) is 7.60. The van der Waals surface area contributed by atoms with Gasteiger partial charge < -0.3 is 25.4 Å². The monoisotopic (exact) mass is 357 g/mol. The molecule has 0 aliphatic carbocycles. The fourth-order valence-corrected chi connectivity index (χ4v) is 2.49. The van der Waals surface area contributed by atoms with E-state index in [4.69, 9.17) is 20.4 Å². The molecule has 0 spiro atoms. The number of nitrogens with zero attached hydrogens (tertiary/aromatic N) is 2. The zero-order valence-corrected chi connectivity index (χ0v) is 14.1. The molecule has 0 fully saturated rings. The summed E-state index contributed by atoms with van der Waals surface area (Å²) in [5.41, 5.74) is 1.79. The Bertz CT molecular complexity index is 560. The molecule has 9 heteroatoms. The van der Waals surface area contributed by atoms with Crippen molar-refractivity contribution in [3.05, 3.63) is 24.3 Å². The Morgan fingerprint density at radius 1 is 1.08 bits per heavy atom. The SMILES string of the molecule is O=C(O)CSc1nc2ccccc2[nH]1.OCCN(CCO)CCO. The summed E-state index contributed by atoms with van der Waals surface area (Å²) in [4.78, 5) is 19.4. The van der Waals surface area contributed by atoms with E-state index in [-0.39, 0.29) is 25.6 Å². The van der Waals surface area contributed by atoms with Crippen molar-refractivity contribution in [2.45, 2.75) is 5.16 Å². The molecule has 0 radical (unpaired) electrons. The lowest BCUT2D eigenvalue weighted by molar-refractivity contribution is -0.133. The molecule has 2 rings (SSSR count). The predicted octanol–water partition coefficient (Wildman–Crippen LogP) is 0.00490. The lowest BCUT2D eigenvalue weighted by Crippen LogP contribution is -2.32. The van der Waals surface area contributed by atoms with Crippen molar-refractivity contribution in [3.8, 4) is 0 Å². The number of fused-ring (bicyclic) bond motifs is 1. The summed E-state index contributed by atoms with van der Waals surface area (Å²) in [5.74, 6) is -0.810. The second-order valence-corrected chi connectivity index (χ2v) is 5.72. The van der Waals surface area contributed by atoms with Crippen molar-refractivity contribution in [1.29, 1.82) is 0 Å². The Morgan fingerprint density at radius 2 is 1.67 bits per heavy atom. The minimum atomic E-state index is -0.838. The van der Waals surface area contributed by atoms with Gasteiger partial charge in [-0.15, -0.1) is 0 Å². The largest absolute Gasteiger partial charge is 0.481 e. The average Bonchev–Trinajstić information content (AvgIpc) is 2.97. The van der Waals surface area contributed by atoms with E-state index in [0.29, 0.717) is 24.8 Å². The van der Waals surface area contributed by atoms with Crippen molar-refractivity contribution >= 4 is 28.8 Å². The molecule has 0 aliphatic heterocycles. The molecule has 134 valence electrons. The molecule has 1 heterocycles. The number of aliphatic hydroxyl groups excluding tert-OH is 3. The zero-order chi connectivity index (χ0) is 17.8. The standard InChI is InChI=1S/C9H8N2O2S.C6H15NO3/c12-8(13)5-14-9-10-6-3-1-2-4-7(6)11-9;8-4-1-7(2-5-9)3-6-10/h1-4H,5H2,(H,10,11)(H,12,13);8-10H,1-6H2. The van der Waals surface area contributed by atoms with Crippen LogP contribution in [0.3, 0.4) is 0 Å². The van der Waals surface area contributed by atoms with Gasteiger partial charge in [-0.25, -0.2) is 4.98 Å². The van der Waals surface area contributed by atoms with Crippen molar-refractivity contribution in [3.63, 3.8) is 0 Å². The number of imidazole rings is 1. The molecule has 1 aromatic carbocycles. The molecular weight excluding hydrogens is 334 g/mol. The van der Waals surface area contributed by atoms with Gasteiger partial charge in [0.2, 0.25) is 0 Å². The number of nitrogens with one attached hydrogen (secondary N) is 1. The van der Waals surface area contributed by atoms with E-state index in [1.54, 1.807) is 4.90 Å². The van der Waals surface area contributed by atoms with Crippen LogP contribution in [0.25, 0.3) is 11.0 Å². The Kier molecular flexibility index (Phi) is 10.0. The number of aliphatic hydroxyl groups is 3. The highest BCUT2D eigenvalue weighted by molar-refractivity contribution is 7.99. The number of aromatic amines is 1. The third-order valence-electron chi connectivity index (χ3n) is 2.95. The van der Waals surface area contributed by atoms with Crippen molar-refractivity contribution in [1.82, 2.24) is 14.9 Å². The number of aliphatic carboxylic acids is 1. The fraction of sp³-hybridized carbons (Fsp3) is 0.467. The highest BCUT2D eigenvalue weighted by Crippen LogP contribution is 2.18. The molecule has 0 saturated heterocycles. The minimum Gasteiger partial charge on any atom is -0.481 e. The molecule has 0 atom stereocenters. The number of aromatic nitrogens is 2. The third-order valence-corrected chi connectivity index (χ3v) is 3.81. The van der Waals surface area contributed by atoms with Crippen LogP contribution in [0.4, 0.5) is 0 Å². The summed E-state index contributed by atoms with van der Waals surface area (Å²) in [6.07, 6.45) is 0. The number of para-hydroxylation sites is 2. The third kappa shape index (κ3) is 7.75. The van der Waals surface area contributed by atoms with Gasteiger partial charge in [-0.2, -0.15) is 0 Å². The smallest absolute Gasteiger partial charge is 0.313 e. The second kappa shape index (κ2) is 11.8. The van der Waals surface area contributed by atoms with E-state index in [0.717, 1.165) is 11.0 Å². The summed E-state index contributed by atoms with van der Waals surface area (Å²) in [5, 5.41) is 34.6. The molecule has 0 saturated carbocycles. The molecular formula is C15H23N3O5S. The second-order valence-electron chi connectivity index (χ2n) is 4.75. The fourth-order valence-electron chi connectivity index (χ4n) is 1.89. The van der Waals surface area contributed by atoms with E-state index >= 15 is 0 Å². The van der Waals surface area contributed by atoms with Gasteiger partial charge in [0.25, 0.3) is 0 Å². The van der Waals surface area contributed by atoms with Crippen LogP contribution in [0.2, 0.25) is 0 Å². The van der Waals surface area contributed by atoms with Gasteiger partial charge in [-0.1, -0.05) is 23.9 Å². The van der Waals surface area contributed by atoms with E-state index < -0.39 is 5.97 Å². The molecule has 0 unspecified atom stereocenters. The first kappa shape index (κ1) is 20.4. The van der Waals surface area contributed by atoms with E-state index in [1.165, 1.54) is 11.8 Å². The van der Waals surface area contributed by atoms with Gasteiger partial charge in [0.1, 0.15) is 0 Å². The molecule has 0 bridgehead atoms. The number of H-pyrrole nitrogens is 1. The lowest BCUT2D eigenvalue weighted by atomic mass is 10.3. The lowest BCUT2D eigenvalue weighted by Gasteiger charge is -2.17. The highest BCUT2D eigenvalue weighted by Gasteiger charge is 2.04. The first-order valence-corrected chi connectivity index (χ1v) is 8.43. The summed E-state index contributed by atoms with van der Waals surface area (Å²) in [7, 11) is 0. The Morgan fingerprint density at radius 3 is 2.17 bits per heavy atom. The molecule has 5 N–H and O–H groups in total. The van der Waals surface area contributed by atoms with Gasteiger partial charge in [0.05, 0.1) is 36.6 Å². The van der Waals surface area contributed by atoms with Crippen LogP contribution in [0.15, 0.2) is 29.4 Å². The molecule has 1 aromatic heterocycles. The van der Waals surface area contributed by atoms with Crippen LogP contribution in [0.1, 0.15) is 0 Å². The Hall–Kier alpha value is -1.65. The number of carboxylic acid groups (broad SMARTS) is 1. The van der Waals surface area contributed by atoms with Crippen LogP contribution in [0, 0.1) is 0 Å². The van der Waals surface area contributed by atoms with Gasteiger partial charge in [0, 0.05) is 19.6 Å². The number of hydrogen-bond acceptors (Lipinski definition) is 7. The maximum atomic E-state index is 10.3. The Balaban J connectivity index is 0.000000257. The van der Waals surface area contributed by atoms with E-state index in [1.807, 2.05) is 24.3 Å². The maximum Gasteiger partial charge on any atom is 0.313 e. The number of carboxylic acids is 1. The van der Waals surface area contributed by atoms with E-state index in [2.05, 4.69) is 9.97 Å². The molecule has 0 amide bonds. The average molecular weight is 357 g/mol. The zero-order valence-electron chi connectivity index (χ0n) is 13.3. The van der Waals surface area contributed by atoms with Crippen LogP contribution >= 0.6 is 11.8 Å². The molecule has 8 nitrogen and oxygen atoms in total. The Labute approximate surface area is 144 Å². The topological polar surface area (TPSA) is 130 Å². The first-order valence-electron chi connectivity index (χ1n) is 7.45. The molecule has 0 aliphatic rings. The number of benzene rings is 1. The quantitative estimate of drug-likeness (QED) is 0.397.